The van der Waals surface area contributed by atoms with Gasteiger partial charge in [0.15, 0.2) is 5.79 Å². The number of aliphatic hydroxyl groups is 1. The van der Waals surface area contributed by atoms with Gasteiger partial charge in [0.25, 0.3) is 0 Å². The molecule has 0 saturated carbocycles. The van der Waals surface area contributed by atoms with Crippen LogP contribution in [0.4, 0.5) is 0 Å². The molecule has 1 aromatic heterocycles. The second-order valence-electron chi connectivity index (χ2n) is 10.4. The van der Waals surface area contributed by atoms with Crippen molar-refractivity contribution in [2.24, 2.45) is 0 Å². The topological polar surface area (TPSA) is 73.7 Å². The van der Waals surface area contributed by atoms with Crippen LogP contribution in [0.15, 0.2) is 103 Å². The largest absolute Gasteiger partial charge is 0.388 e. The van der Waals surface area contributed by atoms with Crippen molar-refractivity contribution in [2.75, 3.05) is 6.61 Å². The molecule has 0 radical (unpaired) electrons. The van der Waals surface area contributed by atoms with Gasteiger partial charge in [-0.25, -0.2) is 9.97 Å². The second-order valence-corrected chi connectivity index (χ2v) is 11.2. The molecule has 3 atom stereocenters. The van der Waals surface area contributed by atoms with Gasteiger partial charge < -0.3 is 19.3 Å². The molecule has 1 saturated heterocycles. The number of ether oxygens (including phenoxy) is 3. The van der Waals surface area contributed by atoms with E-state index >= 15 is 0 Å². The maximum Gasteiger partial charge on any atom is 0.164 e. The van der Waals surface area contributed by atoms with Gasteiger partial charge in [-0.05, 0) is 43.5 Å². The molecule has 0 unspecified atom stereocenters. The highest BCUT2D eigenvalue weighted by Crippen LogP contribution is 2.41. The van der Waals surface area contributed by atoms with Crippen molar-refractivity contribution < 1.29 is 19.3 Å². The fourth-order valence-corrected chi connectivity index (χ4v) is 5.65. The molecule has 212 valence electrons. The van der Waals surface area contributed by atoms with Crippen LogP contribution in [-0.4, -0.2) is 45.8 Å². The van der Waals surface area contributed by atoms with E-state index in [-0.39, 0.29) is 11.8 Å². The Labute approximate surface area is 250 Å². The zero-order chi connectivity index (χ0) is 29.0. The lowest BCUT2D eigenvalue weighted by molar-refractivity contribution is -0.160. The SMILES string of the molecule is Cc1nc(Cl)cc(/C(Cl)=C/[C@@H]2OC(C)(C)O[C@@H]2[C@H](O)COC(c2ccccc2)(c2ccccc2)c2ccccc2)n1. The van der Waals surface area contributed by atoms with Crippen molar-refractivity contribution in [2.45, 2.75) is 50.5 Å². The van der Waals surface area contributed by atoms with Gasteiger partial charge >= 0.3 is 0 Å². The molecular formula is C33H32Cl2N2O4. The van der Waals surface area contributed by atoms with Crippen molar-refractivity contribution in [1.82, 2.24) is 9.97 Å². The smallest absolute Gasteiger partial charge is 0.164 e. The van der Waals surface area contributed by atoms with E-state index in [2.05, 4.69) is 9.97 Å². The van der Waals surface area contributed by atoms with E-state index in [0.29, 0.717) is 16.6 Å². The molecule has 41 heavy (non-hydrogen) atoms. The van der Waals surface area contributed by atoms with E-state index in [1.165, 1.54) is 0 Å². The lowest BCUT2D eigenvalue weighted by Gasteiger charge is -2.37. The fourth-order valence-electron chi connectivity index (χ4n) is 5.20. The van der Waals surface area contributed by atoms with Gasteiger partial charge in [-0.15, -0.1) is 0 Å². The molecule has 8 heteroatoms. The van der Waals surface area contributed by atoms with E-state index in [1.54, 1.807) is 32.9 Å². The molecule has 2 heterocycles. The quantitative estimate of drug-likeness (QED) is 0.169. The third kappa shape index (κ3) is 6.54. The van der Waals surface area contributed by atoms with Gasteiger partial charge in [-0.1, -0.05) is 114 Å². The van der Waals surface area contributed by atoms with Crippen LogP contribution in [-0.2, 0) is 19.8 Å². The first-order valence-electron chi connectivity index (χ1n) is 13.4. The van der Waals surface area contributed by atoms with Crippen LogP contribution in [0.3, 0.4) is 0 Å². The van der Waals surface area contributed by atoms with Gasteiger partial charge in [0.05, 0.1) is 17.3 Å². The summed E-state index contributed by atoms with van der Waals surface area (Å²) in [5.74, 6) is -0.467. The van der Waals surface area contributed by atoms with Gasteiger partial charge in [0.1, 0.15) is 34.9 Å². The van der Waals surface area contributed by atoms with E-state index < -0.39 is 29.7 Å². The third-order valence-corrected chi connectivity index (χ3v) is 7.43. The molecule has 1 N–H and O–H groups in total. The predicted octanol–water partition coefficient (Wildman–Crippen LogP) is 6.91. The minimum Gasteiger partial charge on any atom is -0.388 e. The van der Waals surface area contributed by atoms with Gasteiger partial charge in [0, 0.05) is 6.07 Å². The standard InChI is InChI=1S/C33H32Cl2N2O4/c1-22-36-27(20-30(35)37-22)26(34)19-29-31(41-32(2,3)40-29)28(38)21-39-33(23-13-7-4-8-14-23,24-15-9-5-10-16-24)25-17-11-6-12-18-25/h4-20,28-29,31,38H,21H2,1-3H3/b26-19-/t28-,29+,31-/m1/s1. The van der Waals surface area contributed by atoms with Crippen LogP contribution >= 0.6 is 23.2 Å². The molecule has 0 aliphatic carbocycles. The van der Waals surface area contributed by atoms with E-state index in [1.807, 2.05) is 91.0 Å². The number of aryl methyl sites for hydroxylation is 1. The van der Waals surface area contributed by atoms with Crippen molar-refractivity contribution in [3.05, 3.63) is 136 Å². The lowest BCUT2D eigenvalue weighted by atomic mass is 9.80. The van der Waals surface area contributed by atoms with Crippen molar-refractivity contribution in [1.29, 1.82) is 0 Å². The van der Waals surface area contributed by atoms with Crippen LogP contribution in [0.2, 0.25) is 5.15 Å². The summed E-state index contributed by atoms with van der Waals surface area (Å²) in [4.78, 5) is 8.47. The Hall–Kier alpha value is -3.10. The van der Waals surface area contributed by atoms with Gasteiger partial charge in [0.2, 0.25) is 0 Å². The van der Waals surface area contributed by atoms with Gasteiger partial charge in [-0.3, -0.25) is 0 Å². The van der Waals surface area contributed by atoms with Crippen LogP contribution in [0.5, 0.6) is 0 Å². The molecule has 1 aliphatic rings. The molecule has 1 aliphatic heterocycles. The molecule has 0 spiro atoms. The normalized spacial score (nSPS) is 19.7. The lowest BCUT2D eigenvalue weighted by Crippen LogP contribution is -2.42. The average Bonchev–Trinajstić information content (AvgIpc) is 3.28. The summed E-state index contributed by atoms with van der Waals surface area (Å²) in [5.41, 5.74) is 2.27. The summed E-state index contributed by atoms with van der Waals surface area (Å²) in [5, 5.41) is 12.2. The molecule has 1 fully saturated rings. The number of hydrogen-bond acceptors (Lipinski definition) is 6. The fraction of sp³-hybridized carbons (Fsp3) is 0.273. The minimum atomic E-state index is -1.06. The van der Waals surface area contributed by atoms with Crippen molar-refractivity contribution in [3.63, 3.8) is 0 Å². The Balaban J connectivity index is 1.48. The number of aromatic nitrogens is 2. The molecule has 5 rings (SSSR count). The molecule has 0 amide bonds. The maximum atomic E-state index is 11.6. The summed E-state index contributed by atoms with van der Waals surface area (Å²) in [6.45, 7) is 5.27. The number of nitrogens with zero attached hydrogens (tertiary/aromatic N) is 2. The van der Waals surface area contributed by atoms with Crippen molar-refractivity contribution >= 4 is 28.2 Å². The minimum absolute atomic E-state index is 0.0524. The Morgan fingerprint density at radius 2 is 1.44 bits per heavy atom. The number of aliphatic hydroxyl groups excluding tert-OH is 1. The Kier molecular flexibility index (Phi) is 8.90. The summed E-state index contributed by atoms with van der Waals surface area (Å²) in [6, 6.07) is 31.6. The highest BCUT2D eigenvalue weighted by molar-refractivity contribution is 6.48. The summed E-state index contributed by atoms with van der Waals surface area (Å²) >= 11 is 12.8. The number of hydrogen-bond donors (Lipinski definition) is 1. The predicted molar refractivity (Wildman–Crippen MR) is 161 cm³/mol. The van der Waals surface area contributed by atoms with Crippen LogP contribution < -0.4 is 0 Å². The second kappa shape index (κ2) is 12.4. The summed E-state index contributed by atoms with van der Waals surface area (Å²) in [6.07, 6.45) is -0.822. The third-order valence-electron chi connectivity index (χ3n) is 6.92. The number of rotatable bonds is 9. The average molecular weight is 592 g/mol. The summed E-state index contributed by atoms with van der Waals surface area (Å²) in [7, 11) is 0. The molecule has 6 nitrogen and oxygen atoms in total. The highest BCUT2D eigenvalue weighted by Gasteiger charge is 2.46. The maximum absolute atomic E-state index is 11.6. The van der Waals surface area contributed by atoms with Crippen LogP contribution in [0.1, 0.15) is 42.1 Å². The molecular weight excluding hydrogens is 559 g/mol. The zero-order valence-electron chi connectivity index (χ0n) is 23.1. The number of halogens is 2. The summed E-state index contributed by atoms with van der Waals surface area (Å²) < 4.78 is 19.1. The van der Waals surface area contributed by atoms with E-state index in [4.69, 9.17) is 37.4 Å². The van der Waals surface area contributed by atoms with Crippen LogP contribution in [0.25, 0.3) is 5.03 Å². The monoisotopic (exact) mass is 590 g/mol. The van der Waals surface area contributed by atoms with E-state index in [9.17, 15) is 5.11 Å². The van der Waals surface area contributed by atoms with Crippen LogP contribution in [0, 0.1) is 6.92 Å². The number of benzene rings is 3. The van der Waals surface area contributed by atoms with Gasteiger partial charge in [-0.2, -0.15) is 0 Å². The molecule has 4 aromatic rings. The first kappa shape index (κ1) is 29.4. The first-order chi connectivity index (χ1) is 19.7. The first-order valence-corrected chi connectivity index (χ1v) is 14.2. The molecule has 0 bridgehead atoms. The highest BCUT2D eigenvalue weighted by atomic mass is 35.5. The Bertz CT molecular complexity index is 1370. The van der Waals surface area contributed by atoms with Crippen molar-refractivity contribution in [3.8, 4) is 0 Å². The Morgan fingerprint density at radius 3 is 1.93 bits per heavy atom. The zero-order valence-corrected chi connectivity index (χ0v) is 24.6. The molecule has 3 aromatic carbocycles. The van der Waals surface area contributed by atoms with E-state index in [0.717, 1.165) is 16.7 Å². The Morgan fingerprint density at radius 1 is 0.927 bits per heavy atom.